The molecule has 1 saturated heterocycles. The van der Waals surface area contributed by atoms with Gasteiger partial charge in [-0.15, -0.1) is 0 Å². The van der Waals surface area contributed by atoms with Crippen LogP contribution in [0.15, 0.2) is 42.5 Å². The van der Waals surface area contributed by atoms with Crippen molar-refractivity contribution in [3.05, 3.63) is 53.6 Å². The highest BCUT2D eigenvalue weighted by molar-refractivity contribution is 5.96. The van der Waals surface area contributed by atoms with E-state index in [0.717, 1.165) is 36.1 Å². The van der Waals surface area contributed by atoms with Gasteiger partial charge in [-0.3, -0.25) is 14.4 Å². The first kappa shape index (κ1) is 38.4. The lowest BCUT2D eigenvalue weighted by Crippen LogP contribution is -2.62. The molecule has 1 amide bonds. The van der Waals surface area contributed by atoms with Crippen LogP contribution in [-0.2, 0) is 16.2 Å². The van der Waals surface area contributed by atoms with E-state index in [4.69, 9.17) is 9.57 Å². The topological polar surface area (TPSA) is 112 Å². The maximum Gasteiger partial charge on any atom is 0.240 e. The number of carbonyl (C=O) groups excluding carboxylic acids is 2. The van der Waals surface area contributed by atoms with Crippen LogP contribution in [0.3, 0.4) is 0 Å². The van der Waals surface area contributed by atoms with Crippen molar-refractivity contribution < 1.29 is 29.4 Å². The Labute approximate surface area is 299 Å². The Hall–Kier alpha value is -2.82. The van der Waals surface area contributed by atoms with E-state index in [1.54, 1.807) is 19.1 Å². The number of Topliss-reactive ketones (excluding diaryl/α,β-unsaturated/α-hetero) is 1. The van der Waals surface area contributed by atoms with Crippen LogP contribution in [0.25, 0.3) is 11.1 Å². The average Bonchev–Trinajstić information content (AvgIpc) is 3.43. The van der Waals surface area contributed by atoms with Crippen molar-refractivity contribution >= 4 is 11.7 Å². The van der Waals surface area contributed by atoms with E-state index >= 15 is 0 Å². The number of ketones is 1. The number of hydroxylamine groups is 2. The van der Waals surface area contributed by atoms with Gasteiger partial charge in [0.25, 0.3) is 0 Å². The molecule has 4 unspecified atom stereocenters. The number of nitrogens with zero attached hydrogens (tertiary/aromatic N) is 2. The molecule has 4 fully saturated rings. The molecule has 3 N–H and O–H groups in total. The van der Waals surface area contributed by atoms with Gasteiger partial charge in [-0.2, -0.15) is 5.06 Å². The number of ether oxygens (including phenoxy) is 1. The van der Waals surface area contributed by atoms with Crippen molar-refractivity contribution in [1.29, 1.82) is 0 Å². The second-order valence-electron chi connectivity index (χ2n) is 16.7. The predicted molar refractivity (Wildman–Crippen MR) is 196 cm³/mol. The number of rotatable bonds is 15. The lowest BCUT2D eigenvalue weighted by molar-refractivity contribution is -0.183. The van der Waals surface area contributed by atoms with E-state index in [9.17, 15) is 19.8 Å². The molecule has 9 nitrogen and oxygen atoms in total. The summed E-state index contributed by atoms with van der Waals surface area (Å²) in [5.41, 5.74) is 3.57. The summed E-state index contributed by atoms with van der Waals surface area (Å²) in [4.78, 5) is 35.8. The molecular weight excluding hydrogens is 630 g/mol. The van der Waals surface area contributed by atoms with Gasteiger partial charge < -0.3 is 25.2 Å². The summed E-state index contributed by atoms with van der Waals surface area (Å²) < 4.78 is 5.99. The summed E-state index contributed by atoms with van der Waals surface area (Å²) in [5.74, 6) is 2.34. The molecule has 276 valence electrons. The monoisotopic (exact) mass is 691 g/mol. The number of aliphatic hydroxyl groups excluding tert-OH is 2. The fourth-order valence-corrected chi connectivity index (χ4v) is 9.45. The van der Waals surface area contributed by atoms with Crippen LogP contribution in [0.2, 0.25) is 0 Å². The number of methoxy groups -OCH3 is 1. The molecule has 4 aliphatic rings. The molecule has 3 aliphatic carbocycles. The number of hydrogen-bond donors (Lipinski definition) is 3. The molecule has 0 radical (unpaired) electrons. The number of para-hydroxylation sites is 1. The summed E-state index contributed by atoms with van der Waals surface area (Å²) in [7, 11) is 5.73. The lowest BCUT2D eigenvalue weighted by Gasteiger charge is -2.62. The zero-order chi connectivity index (χ0) is 36.5. The summed E-state index contributed by atoms with van der Waals surface area (Å²) in [6, 6.07) is 12.9. The number of fused-ring (bicyclic) bond motifs is 2. The lowest BCUT2D eigenvalue weighted by atomic mass is 9.45. The fraction of sp³-hybridized carbons (Fsp3) is 0.659. The maximum absolute atomic E-state index is 14.1. The minimum absolute atomic E-state index is 0.0609. The maximum atomic E-state index is 14.1. The highest BCUT2D eigenvalue weighted by atomic mass is 16.7. The smallest absolute Gasteiger partial charge is 0.240 e. The average molecular weight is 692 g/mol. The van der Waals surface area contributed by atoms with E-state index in [1.807, 2.05) is 42.5 Å². The number of carbonyl (C=O) groups is 2. The van der Waals surface area contributed by atoms with E-state index in [1.165, 1.54) is 6.42 Å². The quantitative estimate of drug-likeness (QED) is 0.201. The third-order valence-electron chi connectivity index (χ3n) is 12.1. The standard InChI is InChI=1S/C41H61N3O6/c1-24(2)17-27(21-43(7)8)18-35(47)29-15-13-28(14-16-29)32-12-10-11-30(39(32)49-9)22-44-38(37(26(4)46)36(23-45)50-44)40(48)42-34-20-31-19-33(25(34)3)41(31,5)6/h10-16,24-27,31,33-34,36-38,45-46H,17-23H2,1-9H3,(H,42,48)/t25-,26?,27+,31+,33-,34?,36-,37?,38?/m0/s1. The van der Waals surface area contributed by atoms with Crippen molar-refractivity contribution in [2.45, 2.75) is 98.1 Å². The molecule has 6 rings (SSSR count). The predicted octanol–water partition coefficient (Wildman–Crippen LogP) is 5.82. The molecule has 50 heavy (non-hydrogen) atoms. The van der Waals surface area contributed by atoms with E-state index in [2.05, 4.69) is 58.9 Å². The summed E-state index contributed by atoms with van der Waals surface area (Å²) in [6.45, 7) is 13.8. The number of aliphatic hydroxyl groups is 2. The second kappa shape index (κ2) is 15.8. The van der Waals surface area contributed by atoms with Crippen LogP contribution in [0, 0.1) is 40.9 Å². The molecular formula is C41H61N3O6. The molecule has 2 aromatic carbocycles. The highest BCUT2D eigenvalue weighted by Crippen LogP contribution is 2.61. The number of amides is 1. The molecule has 9 heteroatoms. The molecule has 0 spiro atoms. The van der Waals surface area contributed by atoms with Crippen LogP contribution >= 0.6 is 0 Å². The molecule has 1 heterocycles. The Morgan fingerprint density at radius 2 is 1.80 bits per heavy atom. The third kappa shape index (κ3) is 7.97. The number of benzene rings is 2. The Bertz CT molecular complexity index is 1460. The minimum atomic E-state index is -0.873. The van der Waals surface area contributed by atoms with E-state index in [-0.39, 0.29) is 30.9 Å². The number of nitrogens with one attached hydrogen (secondary N) is 1. The second-order valence-corrected chi connectivity index (χ2v) is 16.7. The molecule has 9 atom stereocenters. The van der Waals surface area contributed by atoms with Gasteiger partial charge in [0.15, 0.2) is 5.78 Å². The first-order valence-corrected chi connectivity index (χ1v) is 18.6. The van der Waals surface area contributed by atoms with Crippen LogP contribution in [0.1, 0.15) is 83.1 Å². The van der Waals surface area contributed by atoms with Gasteiger partial charge in [0.2, 0.25) is 5.91 Å². The first-order chi connectivity index (χ1) is 23.7. The zero-order valence-corrected chi connectivity index (χ0v) is 31.7. The van der Waals surface area contributed by atoms with Gasteiger partial charge in [-0.25, -0.2) is 0 Å². The van der Waals surface area contributed by atoms with Crippen molar-refractivity contribution in [2.24, 2.45) is 40.9 Å². The molecule has 2 aromatic rings. The van der Waals surface area contributed by atoms with Gasteiger partial charge in [-0.05, 0) is 80.8 Å². The van der Waals surface area contributed by atoms with Crippen LogP contribution in [0.4, 0.5) is 0 Å². The van der Waals surface area contributed by atoms with Gasteiger partial charge >= 0.3 is 0 Å². The van der Waals surface area contributed by atoms with Crippen LogP contribution in [0.5, 0.6) is 5.75 Å². The Morgan fingerprint density at radius 3 is 2.36 bits per heavy atom. The van der Waals surface area contributed by atoms with E-state index < -0.39 is 24.2 Å². The summed E-state index contributed by atoms with van der Waals surface area (Å²) in [5, 5.41) is 26.1. The van der Waals surface area contributed by atoms with Gasteiger partial charge in [-0.1, -0.05) is 77.1 Å². The van der Waals surface area contributed by atoms with Gasteiger partial charge in [0, 0.05) is 41.6 Å². The Morgan fingerprint density at radius 1 is 1.10 bits per heavy atom. The van der Waals surface area contributed by atoms with Crippen molar-refractivity contribution in [3.63, 3.8) is 0 Å². The molecule has 3 saturated carbocycles. The summed E-state index contributed by atoms with van der Waals surface area (Å²) >= 11 is 0. The minimum Gasteiger partial charge on any atom is -0.496 e. The van der Waals surface area contributed by atoms with Crippen molar-refractivity contribution in [1.82, 2.24) is 15.3 Å². The normalized spacial score (nSPS) is 28.7. The first-order valence-electron chi connectivity index (χ1n) is 18.6. The molecule has 2 bridgehead atoms. The zero-order valence-electron chi connectivity index (χ0n) is 31.7. The van der Waals surface area contributed by atoms with Crippen LogP contribution in [-0.4, -0.2) is 90.5 Å². The fourth-order valence-electron chi connectivity index (χ4n) is 9.45. The number of hydrogen-bond acceptors (Lipinski definition) is 8. The van der Waals surface area contributed by atoms with E-state index in [0.29, 0.717) is 52.7 Å². The third-order valence-corrected chi connectivity index (χ3v) is 12.1. The van der Waals surface area contributed by atoms with Crippen LogP contribution < -0.4 is 10.1 Å². The van der Waals surface area contributed by atoms with Gasteiger partial charge in [0.05, 0.1) is 26.4 Å². The van der Waals surface area contributed by atoms with Gasteiger partial charge in [0.1, 0.15) is 17.9 Å². The molecule has 1 aliphatic heterocycles. The molecule has 0 aromatic heterocycles. The van der Waals surface area contributed by atoms with Crippen molar-refractivity contribution in [2.75, 3.05) is 34.4 Å². The summed E-state index contributed by atoms with van der Waals surface area (Å²) in [6.07, 6.45) is 2.08. The highest BCUT2D eigenvalue weighted by Gasteiger charge is 2.57. The SMILES string of the molecule is COc1c(CN2O[C@@H](CO)C(C(C)O)C2C(=O)NC2C[C@H]3C[C@@H]([C@@H]2C)C3(C)C)cccc1-c1ccc(C(=O)C[C@@H](CC(C)C)CN(C)C)cc1. The Kier molecular flexibility index (Phi) is 12.2. The Balaban J connectivity index is 1.35. The largest absolute Gasteiger partial charge is 0.496 e. The van der Waals surface area contributed by atoms with Crippen molar-refractivity contribution in [3.8, 4) is 16.9 Å².